The van der Waals surface area contributed by atoms with Crippen molar-refractivity contribution in [2.75, 3.05) is 6.61 Å². The van der Waals surface area contributed by atoms with Crippen molar-refractivity contribution >= 4 is 11.6 Å². The topological polar surface area (TPSA) is 121 Å². The lowest BCUT2D eigenvalue weighted by molar-refractivity contribution is -0.385. The number of hydrogen-bond donors (Lipinski definition) is 2. The van der Waals surface area contributed by atoms with Crippen LogP contribution in [-0.2, 0) is 4.79 Å². The first kappa shape index (κ1) is 12.9. The smallest absolute Gasteiger partial charge is 0.276 e. The maximum Gasteiger partial charge on any atom is 0.276 e. The minimum Gasteiger partial charge on any atom is -0.491 e. The number of amides is 1. The average molecular weight is 239 g/mol. The molecular weight excluding hydrogens is 226 g/mol. The monoisotopic (exact) mass is 239 g/mol. The molecule has 0 aliphatic rings. The van der Waals surface area contributed by atoms with Gasteiger partial charge in [-0.05, 0) is 13.0 Å². The van der Waals surface area contributed by atoms with Crippen molar-refractivity contribution in [2.24, 2.45) is 11.5 Å². The molecular formula is C10H13N3O4. The van der Waals surface area contributed by atoms with Crippen LogP contribution in [0.15, 0.2) is 18.2 Å². The van der Waals surface area contributed by atoms with E-state index in [4.69, 9.17) is 16.2 Å². The summed E-state index contributed by atoms with van der Waals surface area (Å²) in [5.41, 5.74) is 10.7. The molecule has 0 bridgehead atoms. The Morgan fingerprint density at radius 1 is 1.59 bits per heavy atom. The lowest BCUT2D eigenvalue weighted by Crippen LogP contribution is -2.41. The van der Waals surface area contributed by atoms with Gasteiger partial charge in [0.25, 0.3) is 5.69 Å². The van der Waals surface area contributed by atoms with Crippen LogP contribution in [0.25, 0.3) is 0 Å². The number of nitrogens with two attached hydrogens (primary N) is 2. The van der Waals surface area contributed by atoms with Gasteiger partial charge >= 0.3 is 0 Å². The summed E-state index contributed by atoms with van der Waals surface area (Å²) in [7, 11) is 0. The van der Waals surface area contributed by atoms with E-state index in [0.717, 1.165) is 0 Å². The van der Waals surface area contributed by atoms with Crippen LogP contribution in [0.5, 0.6) is 5.75 Å². The molecule has 92 valence electrons. The Morgan fingerprint density at radius 2 is 2.24 bits per heavy atom. The van der Waals surface area contributed by atoms with E-state index in [1.54, 1.807) is 13.0 Å². The molecule has 7 nitrogen and oxygen atoms in total. The predicted molar refractivity (Wildman–Crippen MR) is 60.5 cm³/mol. The highest BCUT2D eigenvalue weighted by Gasteiger charge is 2.16. The molecule has 0 saturated heterocycles. The van der Waals surface area contributed by atoms with Gasteiger partial charge in [0.2, 0.25) is 5.91 Å². The molecule has 1 aromatic rings. The number of rotatable bonds is 5. The number of hydrogen-bond acceptors (Lipinski definition) is 5. The number of benzene rings is 1. The Kier molecular flexibility index (Phi) is 4.00. The van der Waals surface area contributed by atoms with Crippen molar-refractivity contribution in [1.82, 2.24) is 0 Å². The first-order valence-electron chi connectivity index (χ1n) is 4.85. The number of nitrogens with zero attached hydrogens (tertiary/aromatic N) is 1. The normalized spacial score (nSPS) is 11.9. The third-order valence-electron chi connectivity index (χ3n) is 2.24. The summed E-state index contributed by atoms with van der Waals surface area (Å²) in [4.78, 5) is 20.9. The molecule has 0 radical (unpaired) electrons. The Bertz CT molecular complexity index is 447. The SMILES string of the molecule is Cc1c(OCC(N)C(N)=O)cccc1[N+](=O)[O-]. The second kappa shape index (κ2) is 5.26. The van der Waals surface area contributed by atoms with Crippen LogP contribution in [0.1, 0.15) is 5.56 Å². The van der Waals surface area contributed by atoms with Gasteiger partial charge in [-0.1, -0.05) is 6.07 Å². The van der Waals surface area contributed by atoms with Gasteiger partial charge < -0.3 is 16.2 Å². The molecule has 0 aliphatic carbocycles. The molecule has 0 aliphatic heterocycles. The zero-order valence-corrected chi connectivity index (χ0v) is 9.25. The molecule has 4 N–H and O–H groups in total. The molecule has 1 atom stereocenters. The maximum absolute atomic E-state index is 10.7. The van der Waals surface area contributed by atoms with Crippen LogP contribution < -0.4 is 16.2 Å². The van der Waals surface area contributed by atoms with Gasteiger partial charge in [-0.3, -0.25) is 14.9 Å². The summed E-state index contributed by atoms with van der Waals surface area (Å²) < 4.78 is 5.22. The summed E-state index contributed by atoms with van der Waals surface area (Å²) in [5.74, 6) is -0.371. The van der Waals surface area contributed by atoms with Gasteiger partial charge in [0.05, 0.1) is 10.5 Å². The van der Waals surface area contributed by atoms with Crippen molar-refractivity contribution in [3.05, 3.63) is 33.9 Å². The summed E-state index contributed by atoms with van der Waals surface area (Å²) in [6.45, 7) is 1.45. The Labute approximate surface area is 97.5 Å². The number of ether oxygens (including phenoxy) is 1. The summed E-state index contributed by atoms with van der Waals surface area (Å²) in [6, 6.07) is 3.50. The zero-order chi connectivity index (χ0) is 13.0. The third kappa shape index (κ3) is 3.15. The second-order valence-corrected chi connectivity index (χ2v) is 3.48. The van der Waals surface area contributed by atoms with Crippen LogP contribution in [0.4, 0.5) is 5.69 Å². The number of nitro benzene ring substituents is 1. The van der Waals surface area contributed by atoms with Crippen LogP contribution in [0, 0.1) is 17.0 Å². The summed E-state index contributed by atoms with van der Waals surface area (Å²) in [6.07, 6.45) is 0. The Balaban J connectivity index is 2.82. The largest absolute Gasteiger partial charge is 0.491 e. The number of carbonyl (C=O) groups is 1. The van der Waals surface area contributed by atoms with E-state index in [1.165, 1.54) is 12.1 Å². The molecule has 0 spiro atoms. The molecule has 1 rings (SSSR count). The zero-order valence-electron chi connectivity index (χ0n) is 9.25. The lowest BCUT2D eigenvalue weighted by Gasteiger charge is -2.11. The van der Waals surface area contributed by atoms with Crippen LogP contribution in [0.3, 0.4) is 0 Å². The fourth-order valence-corrected chi connectivity index (χ4v) is 1.22. The number of primary amides is 1. The van der Waals surface area contributed by atoms with Crippen LogP contribution in [-0.4, -0.2) is 23.5 Å². The maximum atomic E-state index is 10.7. The van der Waals surface area contributed by atoms with Crippen molar-refractivity contribution in [3.63, 3.8) is 0 Å². The van der Waals surface area contributed by atoms with Gasteiger partial charge in [-0.2, -0.15) is 0 Å². The predicted octanol–water partition coefficient (Wildman–Crippen LogP) is 0.0946. The van der Waals surface area contributed by atoms with E-state index in [-0.39, 0.29) is 12.3 Å². The Hall–Kier alpha value is -2.15. The van der Waals surface area contributed by atoms with Crippen molar-refractivity contribution in [3.8, 4) is 5.75 Å². The van der Waals surface area contributed by atoms with E-state index in [9.17, 15) is 14.9 Å². The molecule has 0 saturated carbocycles. The average Bonchev–Trinajstić information content (AvgIpc) is 2.26. The molecule has 1 aromatic carbocycles. The fourth-order valence-electron chi connectivity index (χ4n) is 1.22. The van der Waals surface area contributed by atoms with Gasteiger partial charge in [0.15, 0.2) is 0 Å². The van der Waals surface area contributed by atoms with Gasteiger partial charge in [-0.15, -0.1) is 0 Å². The number of carbonyl (C=O) groups excluding carboxylic acids is 1. The standard InChI is InChI=1S/C10H13N3O4/c1-6-8(13(15)16)3-2-4-9(6)17-5-7(11)10(12)14/h2-4,7H,5,11H2,1H3,(H2,12,14). The lowest BCUT2D eigenvalue weighted by atomic mass is 10.2. The van der Waals surface area contributed by atoms with Gasteiger partial charge in [0, 0.05) is 6.07 Å². The number of nitro groups is 1. The van der Waals surface area contributed by atoms with Crippen molar-refractivity contribution < 1.29 is 14.5 Å². The van der Waals surface area contributed by atoms with Gasteiger partial charge in [0.1, 0.15) is 18.4 Å². The van der Waals surface area contributed by atoms with E-state index < -0.39 is 16.9 Å². The quantitative estimate of drug-likeness (QED) is 0.557. The van der Waals surface area contributed by atoms with Gasteiger partial charge in [-0.25, -0.2) is 0 Å². The van der Waals surface area contributed by atoms with E-state index in [1.807, 2.05) is 0 Å². The first-order valence-corrected chi connectivity index (χ1v) is 4.85. The third-order valence-corrected chi connectivity index (χ3v) is 2.24. The van der Waals surface area contributed by atoms with E-state index in [0.29, 0.717) is 11.3 Å². The van der Waals surface area contributed by atoms with Crippen LogP contribution >= 0.6 is 0 Å². The highest BCUT2D eigenvalue weighted by molar-refractivity contribution is 5.79. The summed E-state index contributed by atoms with van der Waals surface area (Å²) in [5, 5.41) is 10.7. The molecule has 0 fully saturated rings. The van der Waals surface area contributed by atoms with E-state index in [2.05, 4.69) is 0 Å². The molecule has 0 heterocycles. The molecule has 7 heteroatoms. The fraction of sp³-hybridized carbons (Fsp3) is 0.300. The van der Waals surface area contributed by atoms with Crippen LogP contribution in [0.2, 0.25) is 0 Å². The van der Waals surface area contributed by atoms with E-state index >= 15 is 0 Å². The van der Waals surface area contributed by atoms with Crippen molar-refractivity contribution in [1.29, 1.82) is 0 Å². The first-order chi connectivity index (χ1) is 7.93. The minimum absolute atomic E-state index is 0.0462. The highest BCUT2D eigenvalue weighted by Crippen LogP contribution is 2.26. The second-order valence-electron chi connectivity index (χ2n) is 3.48. The minimum atomic E-state index is -0.936. The van der Waals surface area contributed by atoms with Crippen molar-refractivity contribution in [2.45, 2.75) is 13.0 Å². The molecule has 1 unspecified atom stereocenters. The molecule has 17 heavy (non-hydrogen) atoms. The molecule has 1 amide bonds. The Morgan fingerprint density at radius 3 is 2.76 bits per heavy atom. The molecule has 0 aromatic heterocycles. The highest BCUT2D eigenvalue weighted by atomic mass is 16.6. The summed E-state index contributed by atoms with van der Waals surface area (Å²) >= 11 is 0.